The average Bonchev–Trinajstić information content (AvgIpc) is 3.32. The lowest BCUT2D eigenvalue weighted by Crippen LogP contribution is -2.46. The normalized spacial score (nSPS) is 16.1. The molecule has 2 aromatic heterocycles. The van der Waals surface area contributed by atoms with Crippen LogP contribution in [0.5, 0.6) is 0 Å². The maximum atomic E-state index is 13.2. The molecular weight excluding hydrogens is 380 g/mol. The molecule has 0 radical (unpaired) electrons. The molecule has 2 aliphatic rings. The standard InChI is InChI=1S/C20H19ClN4OS/c21-15-3-1-2-4-16(15)25-19-13-7-12-27-17(13)6-5-14(19)18(23-25)20(26)24-10-8-22-9-11-24/h1-4,7,12,22H,5-6,8-11H2. The third-order valence-electron chi connectivity index (χ3n) is 5.27. The number of aromatic nitrogens is 2. The minimum atomic E-state index is 0.0252. The van der Waals surface area contributed by atoms with E-state index < -0.39 is 0 Å². The summed E-state index contributed by atoms with van der Waals surface area (Å²) in [5, 5.41) is 10.8. The van der Waals surface area contributed by atoms with E-state index in [1.54, 1.807) is 11.3 Å². The molecule has 3 aromatic rings. The lowest BCUT2D eigenvalue weighted by Gasteiger charge is -2.27. The number of para-hydroxylation sites is 1. The predicted molar refractivity (Wildman–Crippen MR) is 108 cm³/mol. The van der Waals surface area contributed by atoms with Crippen LogP contribution in [0.3, 0.4) is 0 Å². The van der Waals surface area contributed by atoms with Crippen LogP contribution in [-0.4, -0.2) is 46.8 Å². The van der Waals surface area contributed by atoms with Crippen molar-refractivity contribution in [1.29, 1.82) is 0 Å². The molecule has 7 heteroatoms. The summed E-state index contributed by atoms with van der Waals surface area (Å²) < 4.78 is 1.87. The fourth-order valence-electron chi connectivity index (χ4n) is 3.93. The summed E-state index contributed by atoms with van der Waals surface area (Å²) in [4.78, 5) is 16.5. The molecule has 1 amide bonds. The van der Waals surface area contributed by atoms with Gasteiger partial charge in [-0.05, 0) is 36.4 Å². The van der Waals surface area contributed by atoms with Crippen molar-refractivity contribution in [3.8, 4) is 16.9 Å². The number of piperazine rings is 1. The van der Waals surface area contributed by atoms with E-state index in [1.165, 1.54) is 10.4 Å². The van der Waals surface area contributed by atoms with Crippen LogP contribution in [0.1, 0.15) is 20.9 Å². The van der Waals surface area contributed by atoms with Gasteiger partial charge < -0.3 is 10.2 Å². The van der Waals surface area contributed by atoms with Gasteiger partial charge in [-0.15, -0.1) is 11.3 Å². The number of hydrogen-bond donors (Lipinski definition) is 1. The van der Waals surface area contributed by atoms with Crippen LogP contribution in [0.4, 0.5) is 0 Å². The molecule has 138 valence electrons. The topological polar surface area (TPSA) is 50.2 Å². The largest absolute Gasteiger partial charge is 0.335 e. The molecule has 0 atom stereocenters. The Labute approximate surface area is 166 Å². The van der Waals surface area contributed by atoms with Crippen molar-refractivity contribution < 1.29 is 4.79 Å². The van der Waals surface area contributed by atoms with Crippen molar-refractivity contribution in [3.63, 3.8) is 0 Å². The predicted octanol–water partition coefficient (Wildman–Crippen LogP) is 3.40. The van der Waals surface area contributed by atoms with Crippen molar-refractivity contribution in [2.24, 2.45) is 0 Å². The number of amides is 1. The summed E-state index contributed by atoms with van der Waals surface area (Å²) in [6, 6.07) is 9.80. The quantitative estimate of drug-likeness (QED) is 0.719. The lowest BCUT2D eigenvalue weighted by atomic mass is 9.94. The van der Waals surface area contributed by atoms with Crippen LogP contribution in [-0.2, 0) is 12.8 Å². The number of fused-ring (bicyclic) bond motifs is 3. The highest BCUT2D eigenvalue weighted by molar-refractivity contribution is 7.10. The van der Waals surface area contributed by atoms with Gasteiger partial charge in [0.2, 0.25) is 0 Å². The molecule has 5 rings (SSSR count). The Morgan fingerprint density at radius 1 is 1.15 bits per heavy atom. The van der Waals surface area contributed by atoms with Gasteiger partial charge in [-0.25, -0.2) is 4.68 Å². The Morgan fingerprint density at radius 2 is 1.96 bits per heavy atom. The Morgan fingerprint density at radius 3 is 2.78 bits per heavy atom. The second kappa shape index (κ2) is 6.78. The number of thiophene rings is 1. The van der Waals surface area contributed by atoms with E-state index in [0.29, 0.717) is 10.7 Å². The van der Waals surface area contributed by atoms with E-state index in [9.17, 15) is 4.79 Å². The molecule has 0 bridgehead atoms. The molecule has 1 saturated heterocycles. The first-order valence-electron chi connectivity index (χ1n) is 9.17. The SMILES string of the molecule is O=C(c1nn(-c2ccccc2Cl)c2c1CCc1sccc1-2)N1CCNCC1. The Bertz CT molecular complexity index is 1020. The van der Waals surface area contributed by atoms with E-state index >= 15 is 0 Å². The molecule has 1 N–H and O–H groups in total. The third-order valence-corrected chi connectivity index (χ3v) is 6.57. The molecule has 1 aliphatic carbocycles. The fourth-order valence-corrected chi connectivity index (χ4v) is 5.03. The number of benzene rings is 1. The molecule has 1 fully saturated rings. The molecule has 1 aliphatic heterocycles. The lowest BCUT2D eigenvalue weighted by molar-refractivity contribution is 0.0728. The zero-order valence-corrected chi connectivity index (χ0v) is 16.3. The summed E-state index contributed by atoms with van der Waals surface area (Å²) in [5.41, 5.74) is 4.62. The van der Waals surface area contributed by atoms with Crippen LogP contribution in [0.25, 0.3) is 16.9 Å². The van der Waals surface area contributed by atoms with Crippen LogP contribution < -0.4 is 5.32 Å². The molecule has 3 heterocycles. The summed E-state index contributed by atoms with van der Waals surface area (Å²) in [5.74, 6) is 0.0252. The number of hydrogen-bond acceptors (Lipinski definition) is 4. The Kier molecular flexibility index (Phi) is 4.27. The highest BCUT2D eigenvalue weighted by Gasteiger charge is 2.32. The van der Waals surface area contributed by atoms with Gasteiger partial charge in [0.15, 0.2) is 5.69 Å². The first kappa shape index (κ1) is 17.0. The number of carbonyl (C=O) groups is 1. The monoisotopic (exact) mass is 398 g/mol. The average molecular weight is 399 g/mol. The highest BCUT2D eigenvalue weighted by atomic mass is 35.5. The van der Waals surface area contributed by atoms with Crippen LogP contribution >= 0.6 is 22.9 Å². The van der Waals surface area contributed by atoms with Crippen molar-refractivity contribution in [1.82, 2.24) is 20.0 Å². The molecule has 0 unspecified atom stereocenters. The highest BCUT2D eigenvalue weighted by Crippen LogP contribution is 2.40. The first-order chi connectivity index (χ1) is 13.2. The Balaban J connectivity index is 1.69. The van der Waals surface area contributed by atoms with E-state index in [2.05, 4.69) is 16.8 Å². The van der Waals surface area contributed by atoms with E-state index in [1.807, 2.05) is 33.8 Å². The molecule has 1 aromatic carbocycles. The van der Waals surface area contributed by atoms with Gasteiger partial charge in [0.25, 0.3) is 5.91 Å². The van der Waals surface area contributed by atoms with Crippen LogP contribution in [0.2, 0.25) is 5.02 Å². The van der Waals surface area contributed by atoms with Crippen LogP contribution in [0, 0.1) is 0 Å². The minimum Gasteiger partial charge on any atom is -0.335 e. The van der Waals surface area contributed by atoms with Gasteiger partial charge in [-0.1, -0.05) is 23.7 Å². The number of carbonyl (C=O) groups excluding carboxylic acids is 1. The summed E-state index contributed by atoms with van der Waals surface area (Å²) >= 11 is 8.24. The second-order valence-electron chi connectivity index (χ2n) is 6.84. The van der Waals surface area contributed by atoms with E-state index in [-0.39, 0.29) is 5.91 Å². The zero-order valence-electron chi connectivity index (χ0n) is 14.7. The van der Waals surface area contributed by atoms with E-state index in [4.69, 9.17) is 16.7 Å². The summed E-state index contributed by atoms with van der Waals surface area (Å²) in [6.07, 6.45) is 1.79. The van der Waals surface area contributed by atoms with Gasteiger partial charge in [0.05, 0.1) is 16.4 Å². The van der Waals surface area contributed by atoms with Crippen molar-refractivity contribution in [2.75, 3.05) is 26.2 Å². The number of aryl methyl sites for hydroxylation is 1. The smallest absolute Gasteiger partial charge is 0.274 e. The number of nitrogens with zero attached hydrogens (tertiary/aromatic N) is 3. The van der Waals surface area contributed by atoms with Gasteiger partial charge >= 0.3 is 0 Å². The van der Waals surface area contributed by atoms with Gasteiger partial charge in [-0.3, -0.25) is 4.79 Å². The first-order valence-corrected chi connectivity index (χ1v) is 10.4. The zero-order chi connectivity index (χ0) is 18.4. The molecule has 0 spiro atoms. The third kappa shape index (κ3) is 2.79. The van der Waals surface area contributed by atoms with Crippen molar-refractivity contribution in [3.05, 3.63) is 56.9 Å². The maximum absolute atomic E-state index is 13.2. The Hall–Kier alpha value is -2.15. The second-order valence-corrected chi connectivity index (χ2v) is 8.25. The molecule has 5 nitrogen and oxygen atoms in total. The number of halogens is 1. The molecular formula is C20H19ClN4OS. The summed E-state index contributed by atoms with van der Waals surface area (Å²) in [6.45, 7) is 3.09. The van der Waals surface area contributed by atoms with Crippen LogP contribution in [0.15, 0.2) is 35.7 Å². The number of rotatable bonds is 2. The van der Waals surface area contributed by atoms with Gasteiger partial charge in [0.1, 0.15) is 0 Å². The van der Waals surface area contributed by atoms with E-state index in [0.717, 1.165) is 56.0 Å². The van der Waals surface area contributed by atoms with Gasteiger partial charge in [-0.2, -0.15) is 5.10 Å². The van der Waals surface area contributed by atoms with Crippen molar-refractivity contribution >= 4 is 28.8 Å². The molecule has 27 heavy (non-hydrogen) atoms. The number of nitrogens with one attached hydrogen (secondary N) is 1. The fraction of sp³-hybridized carbons (Fsp3) is 0.300. The summed E-state index contributed by atoms with van der Waals surface area (Å²) in [7, 11) is 0. The minimum absolute atomic E-state index is 0.0252. The van der Waals surface area contributed by atoms with Crippen molar-refractivity contribution in [2.45, 2.75) is 12.8 Å². The molecule has 0 saturated carbocycles. The maximum Gasteiger partial charge on any atom is 0.274 e. The van der Waals surface area contributed by atoms with Gasteiger partial charge in [0, 0.05) is 42.2 Å².